The Kier molecular flexibility index (Phi) is 5.83. The van der Waals surface area contributed by atoms with Crippen molar-refractivity contribution in [2.24, 2.45) is 0 Å². The molecule has 1 aliphatic carbocycles. The number of sulfonamides is 1. The Labute approximate surface area is 168 Å². The summed E-state index contributed by atoms with van der Waals surface area (Å²) in [6.45, 7) is 4.20. The van der Waals surface area contributed by atoms with Gasteiger partial charge in [0.2, 0.25) is 10.0 Å². The van der Waals surface area contributed by atoms with E-state index in [0.29, 0.717) is 18.7 Å². The van der Waals surface area contributed by atoms with Crippen LogP contribution in [0.15, 0.2) is 70.6 Å². The van der Waals surface area contributed by atoms with Gasteiger partial charge in [-0.25, -0.2) is 13.1 Å². The fraction of sp³-hybridized carbons (Fsp3) is 0.250. The lowest BCUT2D eigenvalue weighted by atomic mass is 9.96. The first-order chi connectivity index (χ1) is 12.9. The smallest absolute Gasteiger partial charge is 0.251 e. The van der Waals surface area contributed by atoms with Gasteiger partial charge < -0.3 is 5.32 Å². The summed E-state index contributed by atoms with van der Waals surface area (Å²) in [7, 11) is -3.71. The molecule has 1 fully saturated rings. The second-order valence-electron chi connectivity index (χ2n) is 6.64. The lowest BCUT2D eigenvalue weighted by Crippen LogP contribution is -2.32. The van der Waals surface area contributed by atoms with Gasteiger partial charge in [-0.3, -0.25) is 4.79 Å². The zero-order valence-corrected chi connectivity index (χ0v) is 17.1. The second-order valence-corrected chi connectivity index (χ2v) is 9.32. The SMILES string of the molecule is C=CCNC(=O)c1cccc(S(=O)(=O)NCC2(c3cccc(Br)c3)CC2)c1. The Morgan fingerprint density at radius 3 is 2.59 bits per heavy atom. The molecule has 2 aromatic rings. The largest absolute Gasteiger partial charge is 0.349 e. The van der Waals surface area contributed by atoms with Gasteiger partial charge in [-0.05, 0) is 48.7 Å². The maximum atomic E-state index is 12.7. The summed E-state index contributed by atoms with van der Waals surface area (Å²) in [5, 5.41) is 2.64. The molecule has 1 saturated carbocycles. The molecule has 0 heterocycles. The summed E-state index contributed by atoms with van der Waals surface area (Å²) in [6, 6.07) is 14.0. The Morgan fingerprint density at radius 1 is 1.19 bits per heavy atom. The van der Waals surface area contributed by atoms with Crippen LogP contribution in [0, 0.1) is 0 Å². The molecule has 0 unspecified atom stereocenters. The summed E-state index contributed by atoms with van der Waals surface area (Å²) in [5.41, 5.74) is 1.26. The van der Waals surface area contributed by atoms with Crippen molar-refractivity contribution in [2.75, 3.05) is 13.1 Å². The lowest BCUT2D eigenvalue weighted by Gasteiger charge is -2.17. The molecule has 142 valence electrons. The molecule has 2 N–H and O–H groups in total. The van der Waals surface area contributed by atoms with E-state index in [-0.39, 0.29) is 16.2 Å². The molecule has 1 amide bonds. The van der Waals surface area contributed by atoms with E-state index < -0.39 is 10.0 Å². The first-order valence-electron chi connectivity index (χ1n) is 8.61. The monoisotopic (exact) mass is 448 g/mol. The zero-order chi connectivity index (χ0) is 19.5. The van der Waals surface area contributed by atoms with E-state index >= 15 is 0 Å². The minimum Gasteiger partial charge on any atom is -0.349 e. The number of hydrogen-bond acceptors (Lipinski definition) is 3. The van der Waals surface area contributed by atoms with Gasteiger partial charge in [0.1, 0.15) is 0 Å². The minimum atomic E-state index is -3.71. The highest BCUT2D eigenvalue weighted by Gasteiger charge is 2.44. The highest BCUT2D eigenvalue weighted by molar-refractivity contribution is 9.10. The molecule has 0 radical (unpaired) electrons. The first kappa shape index (κ1) is 19.8. The van der Waals surface area contributed by atoms with E-state index in [2.05, 4.69) is 32.5 Å². The average Bonchev–Trinajstić information content (AvgIpc) is 3.46. The molecule has 0 atom stereocenters. The Balaban J connectivity index is 1.74. The topological polar surface area (TPSA) is 75.3 Å². The number of rotatable bonds is 8. The van der Waals surface area contributed by atoms with Crippen molar-refractivity contribution >= 4 is 31.9 Å². The van der Waals surface area contributed by atoms with Crippen molar-refractivity contribution in [3.05, 3.63) is 76.8 Å². The van der Waals surface area contributed by atoms with E-state index in [1.54, 1.807) is 18.2 Å². The molecule has 5 nitrogen and oxygen atoms in total. The number of halogens is 1. The molecule has 0 spiro atoms. The fourth-order valence-electron chi connectivity index (χ4n) is 2.92. The van der Waals surface area contributed by atoms with Gasteiger partial charge in [0.15, 0.2) is 0 Å². The number of nitrogens with one attached hydrogen (secondary N) is 2. The molecule has 2 aromatic carbocycles. The molecule has 0 aromatic heterocycles. The van der Waals surface area contributed by atoms with Crippen molar-refractivity contribution in [1.29, 1.82) is 0 Å². The van der Waals surface area contributed by atoms with Crippen molar-refractivity contribution < 1.29 is 13.2 Å². The molecular weight excluding hydrogens is 428 g/mol. The number of carbonyl (C=O) groups excluding carboxylic acids is 1. The van der Waals surface area contributed by atoms with E-state index in [1.165, 1.54) is 12.1 Å². The number of amides is 1. The van der Waals surface area contributed by atoms with Crippen LogP contribution in [0.5, 0.6) is 0 Å². The van der Waals surface area contributed by atoms with Gasteiger partial charge >= 0.3 is 0 Å². The molecule has 0 aliphatic heterocycles. The third-order valence-corrected chi connectivity index (χ3v) is 6.60. The highest BCUT2D eigenvalue weighted by Crippen LogP contribution is 2.48. The van der Waals surface area contributed by atoms with E-state index in [0.717, 1.165) is 22.9 Å². The van der Waals surface area contributed by atoms with Gasteiger partial charge in [0.05, 0.1) is 4.90 Å². The summed E-state index contributed by atoms with van der Waals surface area (Å²) in [5.74, 6) is -0.334. The third-order valence-electron chi connectivity index (χ3n) is 4.70. The molecule has 27 heavy (non-hydrogen) atoms. The lowest BCUT2D eigenvalue weighted by molar-refractivity contribution is 0.0958. The second kappa shape index (κ2) is 7.96. The van der Waals surface area contributed by atoms with Gasteiger partial charge in [0.25, 0.3) is 5.91 Å². The molecule has 0 saturated heterocycles. The summed E-state index contributed by atoms with van der Waals surface area (Å²) in [4.78, 5) is 12.1. The maximum absolute atomic E-state index is 12.7. The Hall–Kier alpha value is -1.96. The number of hydrogen-bond donors (Lipinski definition) is 2. The molecule has 1 aliphatic rings. The number of carbonyl (C=O) groups is 1. The predicted molar refractivity (Wildman–Crippen MR) is 109 cm³/mol. The number of benzene rings is 2. The third kappa shape index (κ3) is 4.66. The molecule has 3 rings (SSSR count). The first-order valence-corrected chi connectivity index (χ1v) is 10.9. The summed E-state index contributed by atoms with van der Waals surface area (Å²) >= 11 is 3.47. The van der Waals surface area contributed by atoms with Crippen LogP contribution in [0.3, 0.4) is 0 Å². The standard InChI is InChI=1S/C20H21BrN2O3S/c1-2-11-22-19(24)15-5-3-8-18(12-15)27(25,26)23-14-20(9-10-20)16-6-4-7-17(21)13-16/h2-8,12-13,23H,1,9-11,14H2,(H,22,24). The van der Waals surface area contributed by atoms with E-state index in [1.807, 2.05) is 24.3 Å². The predicted octanol–water partition coefficient (Wildman–Crippen LogP) is 3.38. The van der Waals surface area contributed by atoms with Crippen molar-refractivity contribution in [3.8, 4) is 0 Å². The quantitative estimate of drug-likeness (QED) is 0.607. The van der Waals surface area contributed by atoms with Crippen molar-refractivity contribution in [2.45, 2.75) is 23.2 Å². The van der Waals surface area contributed by atoms with Crippen LogP contribution in [0.1, 0.15) is 28.8 Å². The summed E-state index contributed by atoms with van der Waals surface area (Å²) in [6.07, 6.45) is 3.45. The van der Waals surface area contributed by atoms with Crippen LogP contribution in [-0.2, 0) is 15.4 Å². The molecule has 0 bridgehead atoms. The van der Waals surface area contributed by atoms with Crippen LogP contribution in [0.2, 0.25) is 0 Å². The van der Waals surface area contributed by atoms with Crippen LogP contribution < -0.4 is 10.0 Å². The zero-order valence-electron chi connectivity index (χ0n) is 14.7. The fourth-order valence-corrected chi connectivity index (χ4v) is 4.50. The Morgan fingerprint density at radius 2 is 1.93 bits per heavy atom. The maximum Gasteiger partial charge on any atom is 0.251 e. The average molecular weight is 449 g/mol. The van der Waals surface area contributed by atoms with Crippen molar-refractivity contribution in [3.63, 3.8) is 0 Å². The van der Waals surface area contributed by atoms with Crippen LogP contribution >= 0.6 is 15.9 Å². The van der Waals surface area contributed by atoms with E-state index in [4.69, 9.17) is 0 Å². The Bertz CT molecular complexity index is 969. The van der Waals surface area contributed by atoms with Crippen LogP contribution in [0.25, 0.3) is 0 Å². The summed E-state index contributed by atoms with van der Waals surface area (Å²) < 4.78 is 29.1. The van der Waals surface area contributed by atoms with E-state index in [9.17, 15) is 13.2 Å². The van der Waals surface area contributed by atoms with Gasteiger partial charge in [0, 0.05) is 28.5 Å². The normalized spacial score (nSPS) is 15.1. The van der Waals surface area contributed by atoms with Crippen LogP contribution in [-0.4, -0.2) is 27.4 Å². The molecular formula is C20H21BrN2O3S. The highest BCUT2D eigenvalue weighted by atomic mass is 79.9. The van der Waals surface area contributed by atoms with Gasteiger partial charge in [-0.15, -0.1) is 6.58 Å². The van der Waals surface area contributed by atoms with Gasteiger partial charge in [-0.1, -0.05) is 40.2 Å². The minimum absolute atomic E-state index is 0.0822. The molecule has 7 heteroatoms. The van der Waals surface area contributed by atoms with Gasteiger partial charge in [-0.2, -0.15) is 0 Å². The van der Waals surface area contributed by atoms with Crippen LogP contribution in [0.4, 0.5) is 0 Å². The van der Waals surface area contributed by atoms with Crippen molar-refractivity contribution in [1.82, 2.24) is 10.0 Å².